The van der Waals surface area contributed by atoms with Gasteiger partial charge in [0.25, 0.3) is 0 Å². The number of amides is 1. The van der Waals surface area contributed by atoms with Crippen LogP contribution < -0.4 is 20.1 Å². The molecule has 2 N–H and O–H groups in total. The van der Waals surface area contributed by atoms with Gasteiger partial charge in [0.1, 0.15) is 0 Å². The van der Waals surface area contributed by atoms with E-state index < -0.39 is 0 Å². The van der Waals surface area contributed by atoms with Gasteiger partial charge in [0.15, 0.2) is 17.5 Å². The Morgan fingerprint density at radius 3 is 2.46 bits per heavy atom. The number of para-hydroxylation sites is 1. The quantitative estimate of drug-likeness (QED) is 0.527. The molecule has 0 unspecified atom stereocenters. The average Bonchev–Trinajstić information content (AvgIpc) is 3.18. The van der Waals surface area contributed by atoms with Gasteiger partial charge in [-0.2, -0.15) is 0 Å². The molecule has 1 aromatic carbocycles. The van der Waals surface area contributed by atoms with E-state index in [9.17, 15) is 4.79 Å². The summed E-state index contributed by atoms with van der Waals surface area (Å²) >= 11 is 0. The van der Waals surface area contributed by atoms with Crippen LogP contribution in [0.4, 0.5) is 0 Å². The van der Waals surface area contributed by atoms with Crippen LogP contribution in [0.5, 0.6) is 11.5 Å². The van der Waals surface area contributed by atoms with Gasteiger partial charge in [-0.15, -0.1) is 0 Å². The van der Waals surface area contributed by atoms with E-state index in [1.807, 2.05) is 39.2 Å². The Morgan fingerprint density at radius 1 is 1.18 bits per heavy atom. The van der Waals surface area contributed by atoms with Crippen LogP contribution in [0.1, 0.15) is 38.2 Å². The predicted molar refractivity (Wildman–Crippen MR) is 112 cm³/mol. The maximum Gasteiger partial charge on any atom is 0.230 e. The smallest absolute Gasteiger partial charge is 0.230 e. The second kappa shape index (κ2) is 10.2. The SMILES string of the molecule is CCNC(=NCc1cccc(OC)c1OC)NCC1(C(=O)N(C)C)CCCC1. The van der Waals surface area contributed by atoms with Gasteiger partial charge in [-0.05, 0) is 25.8 Å². The van der Waals surface area contributed by atoms with E-state index in [0.29, 0.717) is 30.5 Å². The number of nitrogens with zero attached hydrogens (tertiary/aromatic N) is 2. The van der Waals surface area contributed by atoms with Gasteiger partial charge in [-0.3, -0.25) is 4.79 Å². The number of hydrogen-bond donors (Lipinski definition) is 2. The van der Waals surface area contributed by atoms with Crippen molar-refractivity contribution in [2.24, 2.45) is 10.4 Å². The molecule has 0 bridgehead atoms. The van der Waals surface area contributed by atoms with E-state index in [1.165, 1.54) is 0 Å². The van der Waals surface area contributed by atoms with Crippen molar-refractivity contribution in [3.05, 3.63) is 23.8 Å². The van der Waals surface area contributed by atoms with Gasteiger partial charge in [0.2, 0.25) is 5.91 Å². The molecule has 0 aromatic heterocycles. The molecule has 2 rings (SSSR count). The number of benzene rings is 1. The monoisotopic (exact) mass is 390 g/mol. The van der Waals surface area contributed by atoms with Crippen LogP contribution in [0.15, 0.2) is 23.2 Å². The second-order valence-corrected chi connectivity index (χ2v) is 7.39. The van der Waals surface area contributed by atoms with E-state index >= 15 is 0 Å². The first-order valence-electron chi connectivity index (χ1n) is 9.91. The van der Waals surface area contributed by atoms with Crippen molar-refractivity contribution in [2.45, 2.75) is 39.2 Å². The molecule has 1 saturated carbocycles. The Labute approximate surface area is 168 Å². The summed E-state index contributed by atoms with van der Waals surface area (Å²) in [5.74, 6) is 2.28. The number of hydrogen-bond acceptors (Lipinski definition) is 4. The highest BCUT2D eigenvalue weighted by Gasteiger charge is 2.42. The van der Waals surface area contributed by atoms with Crippen molar-refractivity contribution in [1.82, 2.24) is 15.5 Å². The summed E-state index contributed by atoms with van der Waals surface area (Å²) in [6, 6.07) is 5.77. The lowest BCUT2D eigenvalue weighted by molar-refractivity contribution is -0.138. The fourth-order valence-electron chi connectivity index (χ4n) is 3.83. The van der Waals surface area contributed by atoms with Crippen LogP contribution >= 0.6 is 0 Å². The number of carbonyl (C=O) groups excluding carboxylic acids is 1. The molecule has 1 aliphatic carbocycles. The summed E-state index contributed by atoms with van der Waals surface area (Å²) in [6.45, 7) is 3.81. The Kier molecular flexibility index (Phi) is 7.96. The van der Waals surface area contributed by atoms with E-state index in [1.54, 1.807) is 19.1 Å². The number of ether oxygens (including phenoxy) is 2. The van der Waals surface area contributed by atoms with Crippen LogP contribution in [0.3, 0.4) is 0 Å². The molecule has 7 nitrogen and oxygen atoms in total. The summed E-state index contributed by atoms with van der Waals surface area (Å²) in [7, 11) is 6.91. The zero-order valence-corrected chi connectivity index (χ0v) is 17.8. The first-order valence-corrected chi connectivity index (χ1v) is 9.91. The molecule has 7 heteroatoms. The molecule has 156 valence electrons. The van der Waals surface area contributed by atoms with E-state index in [-0.39, 0.29) is 11.3 Å². The van der Waals surface area contributed by atoms with Crippen molar-refractivity contribution < 1.29 is 14.3 Å². The molecule has 28 heavy (non-hydrogen) atoms. The average molecular weight is 391 g/mol. The Morgan fingerprint density at radius 2 is 1.89 bits per heavy atom. The van der Waals surface area contributed by atoms with Crippen molar-refractivity contribution >= 4 is 11.9 Å². The molecule has 0 spiro atoms. The molecule has 1 aromatic rings. The van der Waals surface area contributed by atoms with Crippen molar-refractivity contribution in [2.75, 3.05) is 41.4 Å². The highest BCUT2D eigenvalue weighted by atomic mass is 16.5. The van der Waals surface area contributed by atoms with Crippen LogP contribution in [0.25, 0.3) is 0 Å². The third-order valence-corrected chi connectivity index (χ3v) is 5.25. The fraction of sp³-hybridized carbons (Fsp3) is 0.619. The van der Waals surface area contributed by atoms with E-state index in [4.69, 9.17) is 14.5 Å². The third-order valence-electron chi connectivity index (χ3n) is 5.25. The van der Waals surface area contributed by atoms with Gasteiger partial charge in [-0.1, -0.05) is 25.0 Å². The molecule has 0 aliphatic heterocycles. The first kappa shape index (κ1) is 21.9. The number of guanidine groups is 1. The molecular weight excluding hydrogens is 356 g/mol. The molecule has 0 saturated heterocycles. The highest BCUT2D eigenvalue weighted by Crippen LogP contribution is 2.39. The Bertz CT molecular complexity index is 682. The lowest BCUT2D eigenvalue weighted by Gasteiger charge is -2.31. The maximum atomic E-state index is 12.8. The maximum absolute atomic E-state index is 12.8. The van der Waals surface area contributed by atoms with Gasteiger partial charge in [0.05, 0.1) is 26.2 Å². The van der Waals surface area contributed by atoms with Gasteiger partial charge in [0, 0.05) is 32.7 Å². The van der Waals surface area contributed by atoms with Crippen molar-refractivity contribution in [1.29, 1.82) is 0 Å². The molecule has 0 radical (unpaired) electrons. The van der Waals surface area contributed by atoms with Gasteiger partial charge >= 0.3 is 0 Å². The predicted octanol–water partition coefficient (Wildman–Crippen LogP) is 2.41. The number of nitrogens with one attached hydrogen (secondary N) is 2. The number of carbonyl (C=O) groups is 1. The Hall–Kier alpha value is -2.44. The summed E-state index contributed by atoms with van der Waals surface area (Å²) in [5, 5.41) is 6.67. The standard InChI is InChI=1S/C21H34N4O3/c1-6-22-20(23-14-16-10-9-11-17(27-4)18(16)28-5)24-15-21(12-7-8-13-21)19(26)25(2)3/h9-11H,6-8,12-15H2,1-5H3,(H2,22,23,24). The van der Waals surface area contributed by atoms with Crippen LogP contribution in [0.2, 0.25) is 0 Å². The number of rotatable bonds is 8. The summed E-state index contributed by atoms with van der Waals surface area (Å²) in [6.07, 6.45) is 4.02. The number of methoxy groups -OCH3 is 2. The van der Waals surface area contributed by atoms with Crippen molar-refractivity contribution in [3.63, 3.8) is 0 Å². The van der Waals surface area contributed by atoms with Gasteiger partial charge < -0.3 is 25.0 Å². The molecule has 0 heterocycles. The largest absolute Gasteiger partial charge is 0.493 e. The van der Waals surface area contributed by atoms with Crippen LogP contribution in [0, 0.1) is 5.41 Å². The minimum atomic E-state index is -0.340. The number of aliphatic imine (C=N–C) groups is 1. The summed E-state index contributed by atoms with van der Waals surface area (Å²) in [4.78, 5) is 19.2. The third kappa shape index (κ3) is 5.09. The van der Waals surface area contributed by atoms with Crippen LogP contribution in [-0.2, 0) is 11.3 Å². The minimum absolute atomic E-state index is 0.197. The molecule has 1 amide bonds. The minimum Gasteiger partial charge on any atom is -0.493 e. The van der Waals surface area contributed by atoms with E-state index in [0.717, 1.165) is 37.8 Å². The fourth-order valence-corrected chi connectivity index (χ4v) is 3.83. The van der Waals surface area contributed by atoms with Gasteiger partial charge in [-0.25, -0.2) is 4.99 Å². The molecule has 1 fully saturated rings. The lowest BCUT2D eigenvalue weighted by atomic mass is 9.84. The highest BCUT2D eigenvalue weighted by molar-refractivity contribution is 5.85. The molecule has 1 aliphatic rings. The van der Waals surface area contributed by atoms with Crippen LogP contribution in [-0.4, -0.2) is 58.2 Å². The normalized spacial score (nSPS) is 15.8. The zero-order valence-electron chi connectivity index (χ0n) is 17.8. The summed E-state index contributed by atoms with van der Waals surface area (Å²) in [5.41, 5.74) is 0.604. The van der Waals surface area contributed by atoms with E-state index in [2.05, 4.69) is 10.6 Å². The van der Waals surface area contributed by atoms with Crippen molar-refractivity contribution in [3.8, 4) is 11.5 Å². The second-order valence-electron chi connectivity index (χ2n) is 7.39. The summed E-state index contributed by atoms with van der Waals surface area (Å²) < 4.78 is 10.9. The molecular formula is C21H34N4O3. The topological polar surface area (TPSA) is 75.2 Å². The Balaban J connectivity index is 2.14. The zero-order chi connectivity index (χ0) is 20.6. The molecule has 0 atom stereocenters. The first-order chi connectivity index (χ1) is 13.5. The lowest BCUT2D eigenvalue weighted by Crippen LogP contribution is -2.49.